The summed E-state index contributed by atoms with van der Waals surface area (Å²) in [4.78, 5) is 19.7. The summed E-state index contributed by atoms with van der Waals surface area (Å²) >= 11 is 1.72. The molecule has 2 aromatic rings. The second-order valence-corrected chi connectivity index (χ2v) is 11.4. The molecule has 2 aliphatic heterocycles. The molecule has 2 N–H and O–H groups in total. The van der Waals surface area contributed by atoms with Gasteiger partial charge in [-0.05, 0) is 37.8 Å². The van der Waals surface area contributed by atoms with Gasteiger partial charge < -0.3 is 15.0 Å². The first-order chi connectivity index (χ1) is 14.8. The van der Waals surface area contributed by atoms with Crippen LogP contribution in [-0.2, 0) is 20.5 Å². The lowest BCUT2D eigenvalue weighted by molar-refractivity contribution is 0.1000. The molecular weight excluding hydrogens is 443 g/mol. The van der Waals surface area contributed by atoms with Gasteiger partial charge in [0.2, 0.25) is 10.0 Å². The number of sulfonamides is 1. The molecule has 0 radical (unpaired) electrons. The zero-order valence-corrected chi connectivity index (χ0v) is 19.0. The number of aromatic amines is 1. The molecule has 11 heteroatoms. The third-order valence-corrected chi connectivity index (χ3v) is 8.31. The SMILES string of the molecule is CS(=O)(=O)N1CCC[C@@H](Nc2cc(F)c3c(=O)[nH]c(CSC4CCOCC4)nc3c2)C1. The molecule has 2 aliphatic rings. The topological polar surface area (TPSA) is 104 Å². The van der Waals surface area contributed by atoms with E-state index >= 15 is 0 Å². The predicted octanol–water partition coefficient (Wildman–Crippen LogP) is 2.31. The highest BCUT2D eigenvalue weighted by Gasteiger charge is 2.26. The van der Waals surface area contributed by atoms with Crippen molar-refractivity contribution in [3.05, 3.63) is 34.1 Å². The molecule has 170 valence electrons. The van der Waals surface area contributed by atoms with Crippen molar-refractivity contribution in [2.24, 2.45) is 0 Å². The second kappa shape index (κ2) is 9.43. The van der Waals surface area contributed by atoms with Crippen molar-refractivity contribution in [1.82, 2.24) is 14.3 Å². The third-order valence-electron chi connectivity index (χ3n) is 5.66. The Morgan fingerprint density at radius 3 is 2.84 bits per heavy atom. The fourth-order valence-electron chi connectivity index (χ4n) is 4.06. The van der Waals surface area contributed by atoms with Crippen LogP contribution in [0.5, 0.6) is 0 Å². The summed E-state index contributed by atoms with van der Waals surface area (Å²) in [7, 11) is -3.27. The number of anilines is 1. The lowest BCUT2D eigenvalue weighted by Crippen LogP contribution is -2.44. The van der Waals surface area contributed by atoms with Gasteiger partial charge in [0, 0.05) is 43.3 Å². The molecular formula is C20H27FN4O4S2. The first-order valence-corrected chi connectivity index (χ1v) is 13.3. The van der Waals surface area contributed by atoms with E-state index in [0.717, 1.165) is 38.9 Å². The van der Waals surface area contributed by atoms with Crippen LogP contribution < -0.4 is 10.9 Å². The molecule has 2 saturated heterocycles. The molecule has 0 spiro atoms. The number of nitrogens with zero attached hydrogens (tertiary/aromatic N) is 2. The Labute approximate surface area is 185 Å². The maximum absolute atomic E-state index is 14.7. The first-order valence-electron chi connectivity index (χ1n) is 10.4. The highest BCUT2D eigenvalue weighted by molar-refractivity contribution is 7.99. The molecule has 2 fully saturated rings. The van der Waals surface area contributed by atoms with E-state index in [1.807, 2.05) is 0 Å². The summed E-state index contributed by atoms with van der Waals surface area (Å²) in [5.41, 5.74) is 0.300. The van der Waals surface area contributed by atoms with Gasteiger partial charge in [-0.25, -0.2) is 22.1 Å². The average molecular weight is 471 g/mol. The lowest BCUT2D eigenvalue weighted by Gasteiger charge is -2.32. The number of halogens is 1. The Morgan fingerprint density at radius 1 is 1.32 bits per heavy atom. The van der Waals surface area contributed by atoms with E-state index < -0.39 is 21.4 Å². The van der Waals surface area contributed by atoms with Gasteiger partial charge in [-0.1, -0.05) is 0 Å². The number of nitrogens with one attached hydrogen (secondary N) is 2. The Balaban J connectivity index is 1.52. The number of thioether (sulfide) groups is 1. The van der Waals surface area contributed by atoms with Crippen LogP contribution in [0.2, 0.25) is 0 Å². The molecule has 0 amide bonds. The van der Waals surface area contributed by atoms with Gasteiger partial charge in [0.15, 0.2) is 0 Å². The summed E-state index contributed by atoms with van der Waals surface area (Å²) in [5, 5.41) is 3.62. The van der Waals surface area contributed by atoms with E-state index in [1.54, 1.807) is 17.8 Å². The fourth-order valence-corrected chi connectivity index (χ4v) is 6.03. The molecule has 4 rings (SSSR count). The van der Waals surface area contributed by atoms with Crippen molar-refractivity contribution in [2.75, 3.05) is 37.9 Å². The Hall–Kier alpha value is -1.69. The van der Waals surface area contributed by atoms with Crippen molar-refractivity contribution < 1.29 is 17.5 Å². The van der Waals surface area contributed by atoms with Gasteiger partial charge in [0.25, 0.3) is 5.56 Å². The summed E-state index contributed by atoms with van der Waals surface area (Å²) < 4.78 is 45.2. The number of rotatable bonds is 6. The van der Waals surface area contributed by atoms with Crippen LogP contribution in [0.4, 0.5) is 10.1 Å². The van der Waals surface area contributed by atoms with E-state index in [0.29, 0.717) is 41.1 Å². The van der Waals surface area contributed by atoms with Gasteiger partial charge in [0.1, 0.15) is 17.0 Å². The van der Waals surface area contributed by atoms with Crippen LogP contribution in [0.25, 0.3) is 10.9 Å². The second-order valence-electron chi connectivity index (χ2n) is 8.09. The highest BCUT2D eigenvalue weighted by atomic mass is 32.2. The number of fused-ring (bicyclic) bond motifs is 1. The summed E-state index contributed by atoms with van der Waals surface area (Å²) in [6.45, 7) is 2.32. The largest absolute Gasteiger partial charge is 0.381 e. The maximum atomic E-state index is 14.7. The normalized spacial score (nSPS) is 21.4. The molecule has 3 heterocycles. The third kappa shape index (κ3) is 5.57. The lowest BCUT2D eigenvalue weighted by atomic mass is 10.1. The van der Waals surface area contributed by atoms with Gasteiger partial charge >= 0.3 is 0 Å². The molecule has 0 unspecified atom stereocenters. The highest BCUT2D eigenvalue weighted by Crippen LogP contribution is 2.26. The minimum atomic E-state index is -3.27. The number of H-pyrrole nitrogens is 1. The van der Waals surface area contributed by atoms with E-state index in [1.165, 1.54) is 16.6 Å². The minimum absolute atomic E-state index is 0.0632. The molecule has 31 heavy (non-hydrogen) atoms. The van der Waals surface area contributed by atoms with Crippen molar-refractivity contribution in [3.8, 4) is 0 Å². The van der Waals surface area contributed by atoms with Crippen molar-refractivity contribution in [1.29, 1.82) is 0 Å². The number of aromatic nitrogens is 2. The van der Waals surface area contributed by atoms with Crippen molar-refractivity contribution in [3.63, 3.8) is 0 Å². The number of benzene rings is 1. The van der Waals surface area contributed by atoms with Crippen LogP contribution in [0.3, 0.4) is 0 Å². The minimum Gasteiger partial charge on any atom is -0.381 e. The average Bonchev–Trinajstić information content (AvgIpc) is 2.72. The molecule has 0 saturated carbocycles. The van der Waals surface area contributed by atoms with Gasteiger partial charge in [-0.2, -0.15) is 11.8 Å². The Morgan fingerprint density at radius 2 is 2.10 bits per heavy atom. The van der Waals surface area contributed by atoms with E-state index in [-0.39, 0.29) is 11.4 Å². The zero-order chi connectivity index (χ0) is 22.0. The van der Waals surface area contributed by atoms with Crippen LogP contribution in [0.15, 0.2) is 16.9 Å². The van der Waals surface area contributed by atoms with Gasteiger partial charge in [-0.15, -0.1) is 0 Å². The predicted molar refractivity (Wildman–Crippen MR) is 121 cm³/mol. The van der Waals surface area contributed by atoms with Crippen LogP contribution in [-0.4, -0.2) is 66.5 Å². The molecule has 8 nitrogen and oxygen atoms in total. The Bertz CT molecular complexity index is 1100. The smallest absolute Gasteiger partial charge is 0.261 e. The molecule has 1 aromatic carbocycles. The first kappa shape index (κ1) is 22.5. The molecule has 0 aliphatic carbocycles. The van der Waals surface area contributed by atoms with E-state index in [2.05, 4.69) is 15.3 Å². The van der Waals surface area contributed by atoms with Crippen LogP contribution in [0.1, 0.15) is 31.5 Å². The molecule has 1 atom stereocenters. The van der Waals surface area contributed by atoms with Gasteiger partial charge in [0.05, 0.1) is 17.5 Å². The van der Waals surface area contributed by atoms with Crippen LogP contribution in [0, 0.1) is 5.82 Å². The van der Waals surface area contributed by atoms with Crippen LogP contribution >= 0.6 is 11.8 Å². The number of ether oxygens (including phenoxy) is 1. The summed E-state index contributed by atoms with van der Waals surface area (Å²) in [5.74, 6) is 0.417. The molecule has 0 bridgehead atoms. The van der Waals surface area contributed by atoms with Crippen molar-refractivity contribution in [2.45, 2.75) is 42.7 Å². The summed E-state index contributed by atoms with van der Waals surface area (Å²) in [6.07, 6.45) is 4.64. The number of piperidine rings is 1. The molecule has 1 aromatic heterocycles. The Kier molecular flexibility index (Phi) is 6.85. The quantitative estimate of drug-likeness (QED) is 0.668. The van der Waals surface area contributed by atoms with E-state index in [4.69, 9.17) is 4.74 Å². The number of hydrogen-bond acceptors (Lipinski definition) is 7. The van der Waals surface area contributed by atoms with Crippen molar-refractivity contribution >= 4 is 38.4 Å². The summed E-state index contributed by atoms with van der Waals surface area (Å²) in [6, 6.07) is 2.80. The van der Waals surface area contributed by atoms with Gasteiger partial charge in [-0.3, -0.25) is 4.79 Å². The zero-order valence-electron chi connectivity index (χ0n) is 17.4. The number of hydrogen-bond donors (Lipinski definition) is 2. The monoisotopic (exact) mass is 470 g/mol. The maximum Gasteiger partial charge on any atom is 0.261 e. The van der Waals surface area contributed by atoms with E-state index in [9.17, 15) is 17.6 Å². The standard InChI is InChI=1S/C20H27FN4O4S2/c1-31(27,28)25-6-2-3-13(11-25)22-14-9-16(21)19-17(10-14)23-18(24-20(19)26)12-30-15-4-7-29-8-5-15/h9-10,13,15,22H,2-8,11-12H2,1H3,(H,23,24,26)/t13-/m1/s1. The fraction of sp³-hybridized carbons (Fsp3) is 0.600.